The molecule has 4 aliphatic heterocycles. The van der Waals surface area contributed by atoms with Crippen molar-refractivity contribution in [1.82, 2.24) is 25.2 Å². The topological polar surface area (TPSA) is 92.4 Å². The van der Waals surface area contributed by atoms with Crippen LogP contribution in [0.4, 0.5) is 16.0 Å². The molecule has 2 aromatic heterocycles. The molecule has 3 N–H and O–H groups in total. The molecule has 0 aliphatic carbocycles. The zero-order valence-electron chi connectivity index (χ0n) is 22.6. The summed E-state index contributed by atoms with van der Waals surface area (Å²) in [6, 6.07) is 14.3. The Labute approximate surface area is 232 Å². The lowest BCUT2D eigenvalue weighted by Crippen LogP contribution is -2.51. The smallest absolute Gasteiger partial charge is 0.319 e. The number of ether oxygens (including phenoxy) is 1. The number of piperazine rings is 1. The highest BCUT2D eigenvalue weighted by Crippen LogP contribution is 2.40. The van der Waals surface area contributed by atoms with E-state index in [4.69, 9.17) is 20.4 Å². The van der Waals surface area contributed by atoms with E-state index in [0.29, 0.717) is 46.5 Å². The van der Waals surface area contributed by atoms with E-state index >= 15 is 4.39 Å². The van der Waals surface area contributed by atoms with Gasteiger partial charge < -0.3 is 20.7 Å². The van der Waals surface area contributed by atoms with E-state index in [1.54, 1.807) is 6.07 Å². The molecule has 40 heavy (non-hydrogen) atoms. The van der Waals surface area contributed by atoms with Gasteiger partial charge in [-0.25, -0.2) is 9.37 Å². The highest BCUT2D eigenvalue weighted by atomic mass is 19.1. The summed E-state index contributed by atoms with van der Waals surface area (Å²) in [4.78, 5) is 19.1. The number of hydrogen-bond acceptors (Lipinski definition) is 8. The van der Waals surface area contributed by atoms with Gasteiger partial charge in [0.1, 0.15) is 23.8 Å². The first-order valence-electron chi connectivity index (χ1n) is 14.6. The lowest BCUT2D eigenvalue weighted by Gasteiger charge is -2.34. The van der Waals surface area contributed by atoms with E-state index < -0.39 is 0 Å². The van der Waals surface area contributed by atoms with Crippen molar-refractivity contribution in [2.75, 3.05) is 43.4 Å². The summed E-state index contributed by atoms with van der Waals surface area (Å²) in [5.74, 6) is 0.778. The molecule has 2 bridgehead atoms. The molecule has 9 heteroatoms. The molecular weight excluding hydrogens is 505 g/mol. The van der Waals surface area contributed by atoms with Gasteiger partial charge in [-0.2, -0.15) is 9.97 Å². The second-order valence-corrected chi connectivity index (χ2v) is 12.0. The van der Waals surface area contributed by atoms with Gasteiger partial charge in [0.05, 0.1) is 11.1 Å². The number of rotatable bonds is 5. The number of pyridine rings is 1. The number of aromatic nitrogens is 3. The molecule has 0 radical (unpaired) electrons. The van der Waals surface area contributed by atoms with Gasteiger partial charge in [0.15, 0.2) is 5.82 Å². The molecule has 4 aliphatic rings. The number of fused-ring (bicyclic) bond motifs is 5. The Morgan fingerprint density at radius 1 is 0.925 bits per heavy atom. The Hall–Kier alpha value is -3.56. The lowest BCUT2D eigenvalue weighted by atomic mass is 9.95. The maximum Gasteiger partial charge on any atom is 0.319 e. The zero-order valence-corrected chi connectivity index (χ0v) is 22.6. The number of anilines is 2. The SMILES string of the molecule is Nc1ccc2cccc(-c3ccc4c(N5CC6CCC(C5)N6)nc(OCC56CCCN5CCC6)nc4c3F)c2n1. The van der Waals surface area contributed by atoms with E-state index in [0.717, 1.165) is 63.1 Å². The number of nitrogens with two attached hydrogens (primary N) is 1. The molecule has 2 aromatic carbocycles. The van der Waals surface area contributed by atoms with Crippen LogP contribution in [-0.4, -0.2) is 70.3 Å². The monoisotopic (exact) mass is 539 g/mol. The van der Waals surface area contributed by atoms with Crippen LogP contribution in [0.5, 0.6) is 6.01 Å². The predicted octanol–water partition coefficient (Wildman–Crippen LogP) is 4.51. The van der Waals surface area contributed by atoms with Crippen LogP contribution in [0.1, 0.15) is 38.5 Å². The van der Waals surface area contributed by atoms with Gasteiger partial charge in [0.2, 0.25) is 0 Å². The summed E-state index contributed by atoms with van der Waals surface area (Å²) in [5, 5.41) is 5.31. The van der Waals surface area contributed by atoms with E-state index in [-0.39, 0.29) is 22.9 Å². The van der Waals surface area contributed by atoms with E-state index in [2.05, 4.69) is 20.1 Å². The number of benzene rings is 2. The van der Waals surface area contributed by atoms with E-state index in [1.165, 1.54) is 12.8 Å². The number of halogens is 1. The van der Waals surface area contributed by atoms with E-state index in [9.17, 15) is 0 Å². The summed E-state index contributed by atoms with van der Waals surface area (Å²) >= 11 is 0. The summed E-state index contributed by atoms with van der Waals surface area (Å²) < 4.78 is 23.0. The first kappa shape index (κ1) is 24.3. The molecule has 8 nitrogen and oxygen atoms in total. The van der Waals surface area contributed by atoms with Crippen molar-refractivity contribution in [1.29, 1.82) is 0 Å². The summed E-state index contributed by atoms with van der Waals surface area (Å²) in [6.07, 6.45) is 6.95. The third-order valence-electron chi connectivity index (χ3n) is 9.60. The number of nitrogen functional groups attached to an aromatic ring is 1. The largest absolute Gasteiger partial charge is 0.461 e. The van der Waals surface area contributed by atoms with E-state index in [1.807, 2.05) is 36.4 Å². The van der Waals surface area contributed by atoms with Crippen LogP contribution in [0.2, 0.25) is 0 Å². The van der Waals surface area contributed by atoms with Crippen molar-refractivity contribution >= 4 is 33.4 Å². The third kappa shape index (κ3) is 3.89. The van der Waals surface area contributed by atoms with Gasteiger partial charge in [-0.15, -0.1) is 0 Å². The first-order chi connectivity index (χ1) is 19.6. The van der Waals surface area contributed by atoms with Crippen molar-refractivity contribution in [3.8, 4) is 17.1 Å². The van der Waals surface area contributed by atoms with Crippen molar-refractivity contribution in [3.63, 3.8) is 0 Å². The number of nitrogens with zero attached hydrogens (tertiary/aromatic N) is 5. The molecular formula is C31H34FN7O. The molecule has 206 valence electrons. The van der Waals surface area contributed by atoms with Gasteiger partial charge in [-0.3, -0.25) is 4.90 Å². The van der Waals surface area contributed by atoms with Gasteiger partial charge in [0.25, 0.3) is 0 Å². The number of nitrogens with one attached hydrogen (secondary N) is 1. The second kappa shape index (κ2) is 9.24. The molecule has 0 spiro atoms. The van der Waals surface area contributed by atoms with Crippen LogP contribution in [0, 0.1) is 5.82 Å². The maximum absolute atomic E-state index is 16.6. The van der Waals surface area contributed by atoms with Crippen LogP contribution in [0.15, 0.2) is 42.5 Å². The minimum atomic E-state index is -0.387. The Morgan fingerprint density at radius 3 is 2.52 bits per heavy atom. The van der Waals surface area contributed by atoms with Gasteiger partial charge in [-0.1, -0.05) is 24.3 Å². The fourth-order valence-corrected chi connectivity index (χ4v) is 7.65. The molecule has 4 fully saturated rings. The molecule has 4 saturated heterocycles. The number of para-hydroxylation sites is 1. The first-order valence-corrected chi connectivity index (χ1v) is 14.6. The minimum Gasteiger partial charge on any atom is -0.461 e. The molecule has 2 atom stereocenters. The van der Waals surface area contributed by atoms with Gasteiger partial charge in [0, 0.05) is 47.1 Å². The average Bonchev–Trinajstić information content (AvgIpc) is 3.65. The zero-order chi connectivity index (χ0) is 26.8. The summed E-state index contributed by atoms with van der Waals surface area (Å²) in [7, 11) is 0. The summed E-state index contributed by atoms with van der Waals surface area (Å²) in [6.45, 7) is 4.47. The summed E-state index contributed by atoms with van der Waals surface area (Å²) in [5.41, 5.74) is 8.17. The molecule has 0 saturated carbocycles. The van der Waals surface area contributed by atoms with Crippen molar-refractivity contribution < 1.29 is 9.13 Å². The fraction of sp³-hybridized carbons (Fsp3) is 0.452. The standard InChI is InChI=1S/C31H34FN7O/c32-26-22(23-5-1-4-19-6-11-25(33)35-27(19)23)9-10-24-28(26)36-30(40-18-31-12-2-14-39(31)15-3-13-31)37-29(24)38-16-20-7-8-21(17-38)34-20/h1,4-6,9-11,20-21,34H,2-3,7-8,12-18H2,(H2,33,35). The van der Waals surface area contributed by atoms with Crippen LogP contribution in [0.3, 0.4) is 0 Å². The van der Waals surface area contributed by atoms with Gasteiger partial charge in [-0.05, 0) is 69.8 Å². The average molecular weight is 540 g/mol. The lowest BCUT2D eigenvalue weighted by molar-refractivity contribution is 0.108. The van der Waals surface area contributed by atoms with Crippen LogP contribution in [0.25, 0.3) is 32.9 Å². The second-order valence-electron chi connectivity index (χ2n) is 12.0. The van der Waals surface area contributed by atoms with Crippen molar-refractivity contribution in [2.45, 2.75) is 56.1 Å². The fourth-order valence-electron chi connectivity index (χ4n) is 7.65. The Morgan fingerprint density at radius 2 is 1.73 bits per heavy atom. The molecule has 8 rings (SSSR count). The maximum atomic E-state index is 16.6. The van der Waals surface area contributed by atoms with Gasteiger partial charge >= 0.3 is 6.01 Å². The number of hydrogen-bond donors (Lipinski definition) is 2. The minimum absolute atomic E-state index is 0.0571. The van der Waals surface area contributed by atoms with Crippen LogP contribution in [-0.2, 0) is 0 Å². The van der Waals surface area contributed by atoms with Crippen molar-refractivity contribution in [3.05, 3.63) is 48.3 Å². The normalized spacial score (nSPS) is 23.8. The molecule has 6 heterocycles. The highest BCUT2D eigenvalue weighted by molar-refractivity contribution is 5.99. The van der Waals surface area contributed by atoms with Crippen LogP contribution < -0.4 is 20.7 Å². The molecule has 0 amide bonds. The van der Waals surface area contributed by atoms with Crippen LogP contribution >= 0.6 is 0 Å². The molecule has 2 unspecified atom stereocenters. The quantitative estimate of drug-likeness (QED) is 0.383. The Balaban J connectivity index is 1.25. The molecule has 4 aromatic rings. The predicted molar refractivity (Wildman–Crippen MR) is 155 cm³/mol. The third-order valence-corrected chi connectivity index (χ3v) is 9.60. The van der Waals surface area contributed by atoms with Crippen molar-refractivity contribution in [2.24, 2.45) is 0 Å². The Kier molecular flexibility index (Phi) is 5.60. The Bertz CT molecular complexity index is 1600. The highest BCUT2D eigenvalue weighted by Gasteiger charge is 2.45.